The normalized spacial score (nSPS) is 12.3. The van der Waals surface area contributed by atoms with Crippen LogP contribution in [0.3, 0.4) is 0 Å². The van der Waals surface area contributed by atoms with Gasteiger partial charge >= 0.3 is 11.9 Å². The quantitative estimate of drug-likeness (QED) is 0.109. The molecule has 33 heavy (non-hydrogen) atoms. The number of aliphatic carboxylic acids is 1. The Bertz CT molecular complexity index is 684. The van der Waals surface area contributed by atoms with Gasteiger partial charge in [-0.3, -0.25) is 4.79 Å². The zero-order valence-electron chi connectivity index (χ0n) is 20.2. The molecule has 0 amide bonds. The molecule has 0 saturated heterocycles. The maximum atomic E-state index is 11.5. The summed E-state index contributed by atoms with van der Waals surface area (Å²) in [4.78, 5) is 22.8. The summed E-state index contributed by atoms with van der Waals surface area (Å²) in [5.74, 6) is -0.127. The van der Waals surface area contributed by atoms with Gasteiger partial charge in [-0.1, -0.05) is 42.4 Å². The van der Waals surface area contributed by atoms with Crippen molar-refractivity contribution < 1.29 is 19.4 Å². The molecule has 0 aromatic carbocycles. The van der Waals surface area contributed by atoms with Gasteiger partial charge in [0, 0.05) is 18.1 Å². The maximum Gasteiger partial charge on any atom is 0.327 e. The summed E-state index contributed by atoms with van der Waals surface area (Å²) in [7, 11) is 0. The molecule has 0 aliphatic rings. The van der Waals surface area contributed by atoms with Crippen LogP contribution < -0.4 is 10.6 Å². The lowest BCUT2D eigenvalue weighted by Crippen LogP contribution is -2.47. The number of thiocarbonyl (C=S) groups is 1. The van der Waals surface area contributed by atoms with Gasteiger partial charge in [-0.2, -0.15) is 11.8 Å². The van der Waals surface area contributed by atoms with E-state index in [2.05, 4.69) is 56.6 Å². The Balaban J connectivity index is 0. The molecule has 0 fully saturated rings. The summed E-state index contributed by atoms with van der Waals surface area (Å²) in [6.45, 7) is 10.9. The second-order valence-electron chi connectivity index (χ2n) is 7.84. The highest BCUT2D eigenvalue weighted by molar-refractivity contribution is 7.99. The molecule has 0 aliphatic heterocycles. The highest BCUT2D eigenvalue weighted by atomic mass is 32.2. The van der Waals surface area contributed by atoms with Gasteiger partial charge < -0.3 is 20.5 Å². The van der Waals surface area contributed by atoms with E-state index in [0.29, 0.717) is 18.9 Å². The molecular weight excluding hydrogens is 456 g/mol. The summed E-state index contributed by atoms with van der Waals surface area (Å²) >= 11 is 6.67. The lowest BCUT2D eigenvalue weighted by molar-refractivity contribution is -0.143. The molecule has 0 unspecified atom stereocenters. The number of carboxylic acids is 1. The van der Waals surface area contributed by atoms with Crippen LogP contribution >= 0.6 is 24.0 Å². The number of allylic oxidation sites excluding steroid dienone is 5. The van der Waals surface area contributed by atoms with E-state index < -0.39 is 12.0 Å². The van der Waals surface area contributed by atoms with Crippen molar-refractivity contribution in [3.8, 4) is 0 Å². The van der Waals surface area contributed by atoms with E-state index in [9.17, 15) is 14.7 Å². The molecule has 0 spiro atoms. The monoisotopic (exact) mass is 500 g/mol. The highest BCUT2D eigenvalue weighted by Gasteiger charge is 2.18. The molecule has 0 aliphatic carbocycles. The van der Waals surface area contributed by atoms with Crippen molar-refractivity contribution in [1.29, 1.82) is 0 Å². The van der Waals surface area contributed by atoms with Crippen LogP contribution in [0.4, 0.5) is 0 Å². The first-order chi connectivity index (χ1) is 15.1. The van der Waals surface area contributed by atoms with Gasteiger partial charge in [0.05, 0.1) is 13.0 Å². The van der Waals surface area contributed by atoms with E-state index >= 15 is 0 Å². The topological polar surface area (TPSA) is 87.7 Å². The van der Waals surface area contributed by atoms with Crippen LogP contribution in [0.1, 0.15) is 74.1 Å². The fourth-order valence-electron chi connectivity index (χ4n) is 2.62. The third kappa shape index (κ3) is 20.5. The van der Waals surface area contributed by atoms with Crippen molar-refractivity contribution in [3.05, 3.63) is 34.9 Å². The minimum absolute atomic E-state index is 0. The minimum Gasteiger partial charge on any atom is -0.480 e. The molecule has 0 heterocycles. The van der Waals surface area contributed by atoms with Crippen molar-refractivity contribution in [2.45, 2.75) is 80.2 Å². The van der Waals surface area contributed by atoms with E-state index in [1.54, 1.807) is 18.7 Å². The second-order valence-corrected chi connectivity index (χ2v) is 9.33. The molecule has 3 N–H and O–H groups in total. The van der Waals surface area contributed by atoms with Crippen LogP contribution in [0, 0.1) is 0 Å². The Hall–Kier alpha value is -1.80. The second kappa shape index (κ2) is 20.8. The zero-order chi connectivity index (χ0) is 24.4. The van der Waals surface area contributed by atoms with Gasteiger partial charge in [0.1, 0.15) is 6.04 Å². The fourth-order valence-corrected chi connectivity index (χ4v) is 3.87. The Morgan fingerprint density at radius 2 is 1.64 bits per heavy atom. The average Bonchev–Trinajstić information content (AvgIpc) is 2.70. The highest BCUT2D eigenvalue weighted by Crippen LogP contribution is 2.13. The first kappa shape index (κ1) is 33.4. The van der Waals surface area contributed by atoms with Crippen molar-refractivity contribution in [3.63, 3.8) is 0 Å². The third-order valence-electron chi connectivity index (χ3n) is 4.48. The van der Waals surface area contributed by atoms with Gasteiger partial charge in [-0.05, 0) is 72.5 Å². The van der Waals surface area contributed by atoms with Crippen LogP contribution in [-0.4, -0.2) is 52.9 Å². The molecule has 190 valence electrons. The van der Waals surface area contributed by atoms with Gasteiger partial charge in [-0.25, -0.2) is 4.79 Å². The minimum atomic E-state index is -0.957. The van der Waals surface area contributed by atoms with E-state index in [0.717, 1.165) is 31.4 Å². The first-order valence-corrected chi connectivity index (χ1v) is 12.7. The number of carbonyl (C=O) groups excluding carboxylic acids is 1. The maximum absolute atomic E-state index is 11.5. The Kier molecular flexibility index (Phi) is 21.0. The number of esters is 1. The summed E-state index contributed by atoms with van der Waals surface area (Å²) in [6.07, 6.45) is 11.2. The lowest BCUT2D eigenvalue weighted by atomic mass is 10.1. The number of nitrogens with one attached hydrogen (secondary N) is 2. The Morgan fingerprint density at radius 1 is 1.03 bits per heavy atom. The molecule has 0 radical (unpaired) electrons. The van der Waals surface area contributed by atoms with Crippen LogP contribution in [-0.2, 0) is 14.3 Å². The molecule has 1 atom stereocenters. The zero-order valence-corrected chi connectivity index (χ0v) is 21.8. The number of hydrogen-bond acceptors (Lipinski definition) is 5. The largest absolute Gasteiger partial charge is 0.480 e. The summed E-state index contributed by atoms with van der Waals surface area (Å²) in [5, 5.41) is 15.3. The number of ether oxygens (including phenoxy) is 1. The van der Waals surface area contributed by atoms with Crippen molar-refractivity contribution >= 4 is 41.0 Å². The van der Waals surface area contributed by atoms with E-state index in [4.69, 9.17) is 17.0 Å². The van der Waals surface area contributed by atoms with Gasteiger partial charge in [-0.15, -0.1) is 0 Å². The van der Waals surface area contributed by atoms with Gasteiger partial charge in [0.15, 0.2) is 5.11 Å². The van der Waals surface area contributed by atoms with Crippen LogP contribution in [0.15, 0.2) is 34.9 Å². The third-order valence-corrected chi connectivity index (χ3v) is 5.71. The first-order valence-electron chi connectivity index (χ1n) is 11.1. The molecule has 0 bridgehead atoms. The van der Waals surface area contributed by atoms with E-state index in [-0.39, 0.29) is 24.9 Å². The van der Waals surface area contributed by atoms with Crippen LogP contribution in [0.25, 0.3) is 0 Å². The molecule has 0 saturated carbocycles. The SMILES string of the molecule is C.CCOC(=O)CCNC(=S)N[C@@H](CSC/C=C(\C)CC/C=C(\C)CCC=C(C)C)C(=O)O. The van der Waals surface area contributed by atoms with Crippen molar-refractivity contribution in [2.24, 2.45) is 0 Å². The Labute approximate surface area is 210 Å². The molecule has 6 nitrogen and oxygen atoms in total. The summed E-state index contributed by atoms with van der Waals surface area (Å²) < 4.78 is 4.84. The number of carboxylic acid groups (broad SMARTS) is 1. The average molecular weight is 501 g/mol. The van der Waals surface area contributed by atoms with Gasteiger partial charge in [0.2, 0.25) is 0 Å². The molecule has 0 aromatic heterocycles. The number of carbonyl (C=O) groups is 2. The Morgan fingerprint density at radius 3 is 2.21 bits per heavy atom. The molecule has 0 aromatic rings. The summed E-state index contributed by atoms with van der Waals surface area (Å²) in [5.41, 5.74) is 4.09. The predicted octanol–water partition coefficient (Wildman–Crippen LogP) is 5.65. The van der Waals surface area contributed by atoms with Crippen LogP contribution in [0.2, 0.25) is 0 Å². The number of thioether (sulfide) groups is 1. The van der Waals surface area contributed by atoms with Gasteiger partial charge in [0.25, 0.3) is 0 Å². The van der Waals surface area contributed by atoms with Crippen molar-refractivity contribution in [2.75, 3.05) is 24.7 Å². The summed E-state index contributed by atoms with van der Waals surface area (Å²) in [6, 6.07) is -0.789. The van der Waals surface area contributed by atoms with E-state index in [1.807, 2.05) is 0 Å². The molecular formula is C25H44N2O4S2. The van der Waals surface area contributed by atoms with Crippen molar-refractivity contribution in [1.82, 2.24) is 10.6 Å². The molecule has 0 rings (SSSR count). The standard InChI is InChI=1S/C24H40N2O4S2.CH4/c1-6-30-22(27)13-15-25-24(31)26-21(23(28)29)17-32-16-14-20(5)12-8-11-19(4)10-7-9-18(2)3;/h9,11,14,21H,6-8,10,12-13,15-17H2,1-5H3,(H,28,29)(H2,25,26,31);1H4/b19-11+,20-14+;/t21-;/m0./s1. The number of hydrogen-bond donors (Lipinski definition) is 3. The lowest BCUT2D eigenvalue weighted by Gasteiger charge is -2.16. The fraction of sp³-hybridized carbons (Fsp3) is 0.640. The van der Waals surface area contributed by atoms with E-state index in [1.165, 1.54) is 16.7 Å². The van der Waals surface area contributed by atoms with Crippen LogP contribution in [0.5, 0.6) is 0 Å². The molecule has 8 heteroatoms. The smallest absolute Gasteiger partial charge is 0.327 e. The predicted molar refractivity (Wildman–Crippen MR) is 146 cm³/mol. The number of rotatable bonds is 16.